The molecule has 0 aliphatic carbocycles. The van der Waals surface area contributed by atoms with Crippen LogP contribution in [0.25, 0.3) is 32.9 Å². The van der Waals surface area contributed by atoms with Gasteiger partial charge in [0, 0.05) is 40.5 Å². The van der Waals surface area contributed by atoms with E-state index < -0.39 is 0 Å². The van der Waals surface area contributed by atoms with Crippen LogP contribution in [0.2, 0.25) is 0 Å². The summed E-state index contributed by atoms with van der Waals surface area (Å²) in [5, 5.41) is 6.36. The van der Waals surface area contributed by atoms with Crippen molar-refractivity contribution in [2.45, 2.75) is 39.8 Å². The van der Waals surface area contributed by atoms with Crippen LogP contribution in [0.15, 0.2) is 71.3 Å². The standard InChI is InChI=1S/C31H31N3O3/c1-20-29(21(2)37-32-20)23-10-12-25-26-16-24(30(35)34-14-15-36-19-31(34,3)4)11-13-27(26)33(28(25)17-23)18-22-8-6-5-7-9-22/h5-13,16-17H,14-15,18-19H2,1-4H3. The number of aromatic nitrogens is 2. The fraction of sp³-hybridized carbons (Fsp3) is 0.290. The predicted molar refractivity (Wildman–Crippen MR) is 146 cm³/mol. The number of hydrogen-bond donors (Lipinski definition) is 0. The van der Waals surface area contributed by atoms with Gasteiger partial charge < -0.3 is 18.7 Å². The van der Waals surface area contributed by atoms with Crippen LogP contribution in [-0.2, 0) is 11.3 Å². The number of ether oxygens (including phenoxy) is 1. The van der Waals surface area contributed by atoms with E-state index in [0.29, 0.717) is 25.3 Å². The van der Waals surface area contributed by atoms with E-state index in [-0.39, 0.29) is 11.4 Å². The molecule has 5 aromatic rings. The van der Waals surface area contributed by atoms with Crippen LogP contribution in [0, 0.1) is 13.8 Å². The van der Waals surface area contributed by atoms with E-state index in [4.69, 9.17) is 9.26 Å². The van der Waals surface area contributed by atoms with E-state index in [1.807, 2.05) is 30.9 Å². The first-order valence-corrected chi connectivity index (χ1v) is 12.8. The van der Waals surface area contributed by atoms with E-state index in [1.54, 1.807) is 0 Å². The SMILES string of the molecule is Cc1noc(C)c1-c1ccc2c3cc(C(=O)N4CCOCC4(C)C)ccc3n(Cc3ccccc3)c2c1. The quantitative estimate of drug-likeness (QED) is 0.292. The summed E-state index contributed by atoms with van der Waals surface area (Å²) in [5.74, 6) is 0.857. The van der Waals surface area contributed by atoms with Crippen molar-refractivity contribution < 1.29 is 14.1 Å². The molecule has 0 spiro atoms. The summed E-state index contributed by atoms with van der Waals surface area (Å²) in [5.41, 5.74) is 6.80. The van der Waals surface area contributed by atoms with Crippen LogP contribution in [0.5, 0.6) is 0 Å². The molecule has 2 aromatic heterocycles. The fourth-order valence-corrected chi connectivity index (χ4v) is 5.61. The molecule has 6 rings (SSSR count). The van der Waals surface area contributed by atoms with E-state index in [1.165, 1.54) is 5.56 Å². The molecule has 188 valence electrons. The van der Waals surface area contributed by atoms with Gasteiger partial charge in [0.25, 0.3) is 5.91 Å². The Morgan fingerprint density at radius 3 is 2.51 bits per heavy atom. The van der Waals surface area contributed by atoms with Gasteiger partial charge in [-0.25, -0.2) is 0 Å². The topological polar surface area (TPSA) is 60.5 Å². The van der Waals surface area contributed by atoms with Crippen molar-refractivity contribution in [3.05, 3.63) is 89.3 Å². The van der Waals surface area contributed by atoms with Crippen molar-refractivity contribution >= 4 is 27.7 Å². The summed E-state index contributed by atoms with van der Waals surface area (Å²) in [6.07, 6.45) is 0. The van der Waals surface area contributed by atoms with E-state index in [2.05, 4.69) is 78.2 Å². The second-order valence-corrected chi connectivity index (χ2v) is 10.6. The van der Waals surface area contributed by atoms with Crippen LogP contribution < -0.4 is 0 Å². The molecule has 3 aromatic carbocycles. The summed E-state index contributed by atoms with van der Waals surface area (Å²) in [4.78, 5) is 15.6. The minimum Gasteiger partial charge on any atom is -0.377 e. The molecule has 1 saturated heterocycles. The smallest absolute Gasteiger partial charge is 0.254 e. The van der Waals surface area contributed by atoms with Crippen LogP contribution in [0.1, 0.15) is 41.2 Å². The van der Waals surface area contributed by atoms with Gasteiger partial charge in [-0.3, -0.25) is 4.79 Å². The molecule has 1 amide bonds. The van der Waals surface area contributed by atoms with Crippen LogP contribution in [0.4, 0.5) is 0 Å². The lowest BCUT2D eigenvalue weighted by molar-refractivity contribution is -0.0370. The van der Waals surface area contributed by atoms with Gasteiger partial charge >= 0.3 is 0 Å². The molecule has 6 heteroatoms. The molecule has 0 saturated carbocycles. The number of rotatable bonds is 4. The molecule has 6 nitrogen and oxygen atoms in total. The van der Waals surface area contributed by atoms with Gasteiger partial charge in [-0.15, -0.1) is 0 Å². The monoisotopic (exact) mass is 493 g/mol. The number of fused-ring (bicyclic) bond motifs is 3. The summed E-state index contributed by atoms with van der Waals surface area (Å²) >= 11 is 0. The summed E-state index contributed by atoms with van der Waals surface area (Å²) in [6, 6.07) is 23.1. The molecule has 1 aliphatic rings. The number of nitrogens with zero attached hydrogens (tertiary/aromatic N) is 3. The highest BCUT2D eigenvalue weighted by molar-refractivity contribution is 6.11. The second-order valence-electron chi connectivity index (χ2n) is 10.6. The third kappa shape index (κ3) is 4.02. The molecule has 0 radical (unpaired) electrons. The Bertz CT molecular complexity index is 1610. The van der Waals surface area contributed by atoms with Crippen molar-refractivity contribution in [2.75, 3.05) is 19.8 Å². The normalized spacial score (nSPS) is 15.5. The molecule has 1 aliphatic heterocycles. The zero-order valence-corrected chi connectivity index (χ0v) is 21.7. The zero-order valence-electron chi connectivity index (χ0n) is 21.7. The lowest BCUT2D eigenvalue weighted by Crippen LogP contribution is -2.55. The van der Waals surface area contributed by atoms with Gasteiger partial charge in [0.1, 0.15) is 5.76 Å². The first kappa shape index (κ1) is 23.5. The van der Waals surface area contributed by atoms with E-state index in [9.17, 15) is 4.79 Å². The Kier molecular flexibility index (Phi) is 5.64. The fourth-order valence-electron chi connectivity index (χ4n) is 5.61. The minimum absolute atomic E-state index is 0.0477. The Morgan fingerprint density at radius 2 is 1.78 bits per heavy atom. The van der Waals surface area contributed by atoms with E-state index in [0.717, 1.165) is 50.9 Å². The van der Waals surface area contributed by atoms with Gasteiger partial charge in [0.05, 0.1) is 30.0 Å². The number of morpholine rings is 1. The van der Waals surface area contributed by atoms with Crippen LogP contribution in [-0.4, -0.2) is 45.8 Å². The predicted octanol–water partition coefficient (Wildman–Crippen LogP) is 6.37. The molecule has 3 heterocycles. The third-order valence-corrected chi connectivity index (χ3v) is 7.51. The number of hydrogen-bond acceptors (Lipinski definition) is 4. The Balaban J connectivity index is 1.53. The van der Waals surface area contributed by atoms with E-state index >= 15 is 0 Å². The average Bonchev–Trinajstić information content (AvgIpc) is 3.39. The molecular weight excluding hydrogens is 462 g/mol. The van der Waals surface area contributed by atoms with Gasteiger partial charge in [-0.2, -0.15) is 0 Å². The molecule has 0 unspecified atom stereocenters. The minimum atomic E-state index is -0.338. The van der Waals surface area contributed by atoms with Crippen LogP contribution >= 0.6 is 0 Å². The second kappa shape index (κ2) is 8.89. The number of carbonyl (C=O) groups excluding carboxylic acids is 1. The van der Waals surface area contributed by atoms with Gasteiger partial charge in [0.15, 0.2) is 0 Å². The Morgan fingerprint density at radius 1 is 0.973 bits per heavy atom. The summed E-state index contributed by atoms with van der Waals surface area (Å²) < 4.78 is 13.4. The number of benzene rings is 3. The first-order valence-electron chi connectivity index (χ1n) is 12.8. The van der Waals surface area contributed by atoms with Gasteiger partial charge in [-0.1, -0.05) is 47.6 Å². The summed E-state index contributed by atoms with van der Waals surface area (Å²) in [7, 11) is 0. The highest BCUT2D eigenvalue weighted by Crippen LogP contribution is 2.36. The Labute approximate surface area is 216 Å². The summed E-state index contributed by atoms with van der Waals surface area (Å²) in [6.45, 7) is 10.5. The lowest BCUT2D eigenvalue weighted by atomic mass is 9.99. The van der Waals surface area contributed by atoms with Crippen molar-refractivity contribution in [1.82, 2.24) is 14.6 Å². The number of aryl methyl sites for hydroxylation is 2. The highest BCUT2D eigenvalue weighted by Gasteiger charge is 2.34. The molecule has 37 heavy (non-hydrogen) atoms. The number of carbonyl (C=O) groups is 1. The largest absolute Gasteiger partial charge is 0.377 e. The highest BCUT2D eigenvalue weighted by atomic mass is 16.5. The molecule has 0 atom stereocenters. The van der Waals surface area contributed by atoms with Crippen molar-refractivity contribution in [3.8, 4) is 11.1 Å². The zero-order chi connectivity index (χ0) is 25.7. The number of amides is 1. The third-order valence-electron chi connectivity index (χ3n) is 7.51. The van der Waals surface area contributed by atoms with Crippen molar-refractivity contribution in [1.29, 1.82) is 0 Å². The van der Waals surface area contributed by atoms with Crippen molar-refractivity contribution in [3.63, 3.8) is 0 Å². The molecule has 1 fully saturated rings. The van der Waals surface area contributed by atoms with Crippen LogP contribution in [0.3, 0.4) is 0 Å². The van der Waals surface area contributed by atoms with Gasteiger partial charge in [0.2, 0.25) is 0 Å². The maximum absolute atomic E-state index is 13.6. The lowest BCUT2D eigenvalue weighted by Gasteiger charge is -2.42. The van der Waals surface area contributed by atoms with Gasteiger partial charge in [-0.05, 0) is 63.1 Å². The molecule has 0 bridgehead atoms. The molecule has 0 N–H and O–H groups in total. The Hall–Kier alpha value is -3.90. The first-order chi connectivity index (χ1) is 17.8. The molecular formula is C31H31N3O3. The maximum Gasteiger partial charge on any atom is 0.254 e. The maximum atomic E-state index is 13.6. The average molecular weight is 494 g/mol. The van der Waals surface area contributed by atoms with Crippen molar-refractivity contribution in [2.24, 2.45) is 0 Å².